The van der Waals surface area contributed by atoms with Crippen LogP contribution in [0.3, 0.4) is 0 Å². The van der Waals surface area contributed by atoms with Crippen LogP contribution in [0.15, 0.2) is 24.3 Å². The summed E-state index contributed by atoms with van der Waals surface area (Å²) in [6, 6.07) is 8.57. The Labute approximate surface area is 159 Å². The van der Waals surface area contributed by atoms with Gasteiger partial charge in [0.25, 0.3) is 0 Å². The van der Waals surface area contributed by atoms with Crippen LogP contribution in [0.1, 0.15) is 44.1 Å². The highest BCUT2D eigenvalue weighted by atomic mass is 32.2. The molecule has 1 aromatic carbocycles. The van der Waals surface area contributed by atoms with Crippen molar-refractivity contribution in [1.29, 1.82) is 0 Å². The normalized spacial score (nSPS) is 35.2. The van der Waals surface area contributed by atoms with Crippen molar-refractivity contribution in [3.63, 3.8) is 0 Å². The first-order valence-corrected chi connectivity index (χ1v) is 11.0. The number of thioether (sulfide) groups is 1. The molecule has 0 aromatic heterocycles. The van der Waals surface area contributed by atoms with Crippen LogP contribution in [-0.4, -0.2) is 34.9 Å². The molecular weight excluding hydrogens is 344 g/mol. The second kappa shape index (κ2) is 6.29. The third kappa shape index (κ3) is 2.94. The van der Waals surface area contributed by atoms with Crippen LogP contribution in [0.25, 0.3) is 0 Å². The first-order valence-electron chi connectivity index (χ1n) is 9.86. The molecule has 1 heterocycles. The molecule has 0 spiro atoms. The minimum atomic E-state index is -0.108. The molecule has 4 bridgehead atoms. The van der Waals surface area contributed by atoms with Gasteiger partial charge in [0.15, 0.2) is 0 Å². The molecule has 5 heteroatoms. The molecule has 1 aliphatic heterocycles. The molecule has 5 fully saturated rings. The van der Waals surface area contributed by atoms with E-state index in [2.05, 4.69) is 17.4 Å². The number of rotatable bonds is 4. The van der Waals surface area contributed by atoms with Gasteiger partial charge in [0.1, 0.15) is 6.54 Å². The standard InChI is InChI=1S/C21H26N2O2S/c24-19(11-23-13-26-12-20(23)25)22-18-3-1-17(2-4-18)21-8-14-5-15(9-21)7-16(6-14)10-21/h1-4,14-16H,5-13H2,(H,22,24). The number of anilines is 1. The minimum absolute atomic E-state index is 0.0577. The van der Waals surface area contributed by atoms with E-state index in [9.17, 15) is 9.59 Å². The first-order chi connectivity index (χ1) is 12.6. The highest BCUT2D eigenvalue weighted by Crippen LogP contribution is 2.60. The third-order valence-corrected chi connectivity index (χ3v) is 7.92. The van der Waals surface area contributed by atoms with Gasteiger partial charge in [0.2, 0.25) is 11.8 Å². The van der Waals surface area contributed by atoms with Gasteiger partial charge in [-0.1, -0.05) is 12.1 Å². The van der Waals surface area contributed by atoms with Gasteiger partial charge in [-0.3, -0.25) is 9.59 Å². The summed E-state index contributed by atoms with van der Waals surface area (Å²) in [4.78, 5) is 25.5. The lowest BCUT2D eigenvalue weighted by Crippen LogP contribution is -2.48. The molecule has 2 amide bonds. The zero-order valence-electron chi connectivity index (χ0n) is 15.1. The van der Waals surface area contributed by atoms with Crippen molar-refractivity contribution >= 4 is 29.3 Å². The number of nitrogens with zero attached hydrogens (tertiary/aromatic N) is 1. The van der Waals surface area contributed by atoms with Gasteiger partial charge >= 0.3 is 0 Å². The fourth-order valence-corrected chi connectivity index (χ4v) is 7.19. The van der Waals surface area contributed by atoms with Gasteiger partial charge in [-0.25, -0.2) is 0 Å². The van der Waals surface area contributed by atoms with Crippen LogP contribution >= 0.6 is 11.8 Å². The van der Waals surface area contributed by atoms with Crippen LogP contribution in [0.2, 0.25) is 0 Å². The molecule has 0 radical (unpaired) electrons. The second-order valence-electron chi connectivity index (χ2n) is 8.89. The Morgan fingerprint density at radius 3 is 2.23 bits per heavy atom. The van der Waals surface area contributed by atoms with E-state index < -0.39 is 0 Å². The van der Waals surface area contributed by atoms with Crippen molar-refractivity contribution in [2.45, 2.75) is 43.9 Å². The Hall–Kier alpha value is -1.49. The van der Waals surface area contributed by atoms with Crippen molar-refractivity contribution < 1.29 is 9.59 Å². The van der Waals surface area contributed by atoms with E-state index in [0.29, 0.717) is 17.0 Å². The quantitative estimate of drug-likeness (QED) is 0.881. The summed E-state index contributed by atoms with van der Waals surface area (Å²) in [6.45, 7) is 0.155. The van der Waals surface area contributed by atoms with Crippen molar-refractivity contribution in [2.75, 3.05) is 23.5 Å². The molecule has 26 heavy (non-hydrogen) atoms. The predicted molar refractivity (Wildman–Crippen MR) is 104 cm³/mol. The van der Waals surface area contributed by atoms with Gasteiger partial charge in [-0.2, -0.15) is 0 Å². The smallest absolute Gasteiger partial charge is 0.244 e. The van der Waals surface area contributed by atoms with Crippen LogP contribution in [0.4, 0.5) is 5.69 Å². The van der Waals surface area contributed by atoms with Crippen LogP contribution in [0, 0.1) is 17.8 Å². The van der Waals surface area contributed by atoms with Gasteiger partial charge in [0, 0.05) is 5.69 Å². The molecule has 4 saturated carbocycles. The Balaban J connectivity index is 1.26. The van der Waals surface area contributed by atoms with E-state index in [0.717, 1.165) is 23.4 Å². The molecule has 4 nitrogen and oxygen atoms in total. The summed E-state index contributed by atoms with van der Waals surface area (Å²) >= 11 is 1.56. The minimum Gasteiger partial charge on any atom is -0.325 e. The number of hydrogen-bond acceptors (Lipinski definition) is 3. The lowest BCUT2D eigenvalue weighted by Gasteiger charge is -2.57. The number of amides is 2. The Bertz CT molecular complexity index is 695. The average molecular weight is 371 g/mol. The monoisotopic (exact) mass is 370 g/mol. The van der Waals surface area contributed by atoms with Crippen LogP contribution in [-0.2, 0) is 15.0 Å². The first kappa shape index (κ1) is 16.7. The summed E-state index contributed by atoms with van der Waals surface area (Å²) < 4.78 is 0. The Morgan fingerprint density at radius 2 is 1.69 bits per heavy atom. The van der Waals surface area contributed by atoms with E-state index in [-0.39, 0.29) is 18.4 Å². The summed E-state index contributed by atoms with van der Waals surface area (Å²) in [5, 5.41) is 2.95. The fourth-order valence-electron chi connectivity index (χ4n) is 6.29. The zero-order chi connectivity index (χ0) is 17.7. The molecule has 0 atom stereocenters. The van der Waals surface area contributed by atoms with Crippen LogP contribution < -0.4 is 5.32 Å². The molecule has 5 aliphatic rings. The van der Waals surface area contributed by atoms with E-state index in [4.69, 9.17) is 0 Å². The van der Waals surface area contributed by atoms with E-state index >= 15 is 0 Å². The zero-order valence-corrected chi connectivity index (χ0v) is 15.9. The summed E-state index contributed by atoms with van der Waals surface area (Å²) in [5.41, 5.74) is 2.71. The topological polar surface area (TPSA) is 49.4 Å². The third-order valence-electron chi connectivity index (χ3n) is 6.98. The van der Waals surface area contributed by atoms with Gasteiger partial charge in [-0.05, 0) is 79.4 Å². The maximum absolute atomic E-state index is 12.2. The van der Waals surface area contributed by atoms with E-state index in [1.807, 2.05) is 12.1 Å². The van der Waals surface area contributed by atoms with Crippen LogP contribution in [0.5, 0.6) is 0 Å². The molecule has 1 aromatic rings. The largest absolute Gasteiger partial charge is 0.325 e. The van der Waals surface area contributed by atoms with E-state index in [1.165, 1.54) is 44.1 Å². The predicted octanol–water partition coefficient (Wildman–Crippen LogP) is 3.63. The van der Waals surface area contributed by atoms with Crippen molar-refractivity contribution in [1.82, 2.24) is 4.90 Å². The summed E-state index contributed by atoms with van der Waals surface area (Å²) in [6.07, 6.45) is 8.46. The fraction of sp³-hybridized carbons (Fsp3) is 0.619. The average Bonchev–Trinajstić information content (AvgIpc) is 2.99. The Morgan fingerprint density at radius 1 is 1.08 bits per heavy atom. The summed E-state index contributed by atoms with van der Waals surface area (Å²) in [5.74, 6) is 3.89. The molecule has 6 rings (SSSR count). The van der Waals surface area contributed by atoms with E-state index in [1.54, 1.807) is 16.7 Å². The van der Waals surface area contributed by atoms with Gasteiger partial charge in [0.05, 0.1) is 11.6 Å². The summed E-state index contributed by atoms with van der Waals surface area (Å²) in [7, 11) is 0. The van der Waals surface area contributed by atoms with Gasteiger partial charge < -0.3 is 10.2 Å². The molecule has 1 N–H and O–H groups in total. The second-order valence-corrected chi connectivity index (χ2v) is 9.85. The highest BCUT2D eigenvalue weighted by molar-refractivity contribution is 8.00. The molecule has 4 aliphatic carbocycles. The highest BCUT2D eigenvalue weighted by Gasteiger charge is 2.51. The number of nitrogens with one attached hydrogen (secondary N) is 1. The molecular formula is C21H26N2O2S. The lowest BCUT2D eigenvalue weighted by molar-refractivity contribution is -0.130. The maximum atomic E-state index is 12.2. The lowest BCUT2D eigenvalue weighted by atomic mass is 9.48. The number of carbonyl (C=O) groups is 2. The van der Waals surface area contributed by atoms with Crippen molar-refractivity contribution in [2.24, 2.45) is 17.8 Å². The van der Waals surface area contributed by atoms with Crippen molar-refractivity contribution in [3.8, 4) is 0 Å². The SMILES string of the molecule is O=C(CN1CSCC1=O)Nc1ccc(C23CC4CC(CC(C4)C2)C3)cc1. The van der Waals surface area contributed by atoms with Gasteiger partial charge in [-0.15, -0.1) is 11.8 Å². The maximum Gasteiger partial charge on any atom is 0.244 e. The molecule has 138 valence electrons. The molecule has 1 saturated heterocycles. The molecule has 0 unspecified atom stereocenters. The number of hydrogen-bond donors (Lipinski definition) is 1. The number of carbonyl (C=O) groups excluding carboxylic acids is 2. The Kier molecular flexibility index (Phi) is 4.03. The van der Waals surface area contributed by atoms with Crippen molar-refractivity contribution in [3.05, 3.63) is 29.8 Å². The number of benzene rings is 1.